The molecule has 0 aliphatic carbocycles. The van der Waals surface area contributed by atoms with Crippen LogP contribution in [0.3, 0.4) is 0 Å². The van der Waals surface area contributed by atoms with Crippen molar-refractivity contribution in [3.63, 3.8) is 0 Å². The fraction of sp³-hybridized carbons (Fsp3) is 0.500. The van der Waals surface area contributed by atoms with Crippen molar-refractivity contribution in [1.82, 2.24) is 0 Å². The van der Waals surface area contributed by atoms with Gasteiger partial charge in [-0.25, -0.2) is 0 Å². The molecule has 0 rings (SSSR count). The average Bonchev–Trinajstić information content (AvgIpc) is 1.84. The SMILES string of the molecule is O=C([O-])C(O)C(O)C(=O)[O-].[K+].[Ni+2]. The normalized spacial score (nSPS) is 13.2. The molecule has 0 heterocycles. The smallest absolute Gasteiger partial charge is 0.547 e. The number of aliphatic carboxylic acids is 2. The molecular formula is C4H4KNiO6+. The van der Waals surface area contributed by atoms with Crippen molar-refractivity contribution in [2.24, 2.45) is 0 Å². The largest absolute Gasteiger partial charge is 2.00 e. The number of carboxylic acids is 2. The molecule has 2 atom stereocenters. The zero-order valence-electron chi connectivity index (χ0n) is 6.00. The first-order valence-corrected chi connectivity index (χ1v) is 2.24. The molecule has 0 aromatic carbocycles. The second-order valence-electron chi connectivity index (χ2n) is 1.53. The van der Waals surface area contributed by atoms with E-state index in [1.807, 2.05) is 0 Å². The molecule has 0 fully saturated rings. The van der Waals surface area contributed by atoms with Crippen molar-refractivity contribution in [2.75, 3.05) is 0 Å². The predicted octanol–water partition coefficient (Wildman–Crippen LogP) is -7.79. The number of aliphatic hydroxyl groups is 2. The molecule has 0 saturated carbocycles. The van der Waals surface area contributed by atoms with Crippen molar-refractivity contribution in [2.45, 2.75) is 12.2 Å². The molecule has 2 N–H and O–H groups in total. The van der Waals surface area contributed by atoms with Gasteiger partial charge < -0.3 is 30.0 Å². The number of carbonyl (C=O) groups is 2. The van der Waals surface area contributed by atoms with E-state index >= 15 is 0 Å². The molecule has 66 valence electrons. The average molecular weight is 246 g/mol. The Kier molecular flexibility index (Phi) is 13.4. The molecule has 0 amide bonds. The third-order valence-electron chi connectivity index (χ3n) is 0.782. The van der Waals surface area contributed by atoms with Crippen molar-refractivity contribution in [3.05, 3.63) is 0 Å². The summed E-state index contributed by atoms with van der Waals surface area (Å²) in [6.07, 6.45) is -4.88. The van der Waals surface area contributed by atoms with Crippen molar-refractivity contribution in [1.29, 1.82) is 0 Å². The molecule has 2 unspecified atom stereocenters. The van der Waals surface area contributed by atoms with Gasteiger partial charge in [-0.05, 0) is 0 Å². The summed E-state index contributed by atoms with van der Waals surface area (Å²) in [4.78, 5) is 19.3. The summed E-state index contributed by atoms with van der Waals surface area (Å²) in [5, 5.41) is 35.7. The summed E-state index contributed by atoms with van der Waals surface area (Å²) in [7, 11) is 0. The van der Waals surface area contributed by atoms with Gasteiger partial charge in [0.05, 0.1) is 11.9 Å². The molecule has 0 aliphatic heterocycles. The van der Waals surface area contributed by atoms with Crippen LogP contribution in [0.4, 0.5) is 0 Å². The molecule has 0 bridgehead atoms. The van der Waals surface area contributed by atoms with E-state index in [2.05, 4.69) is 0 Å². The van der Waals surface area contributed by atoms with Crippen LogP contribution in [0.15, 0.2) is 0 Å². The zero-order chi connectivity index (χ0) is 8.31. The number of aliphatic hydroxyl groups excluding tert-OH is 2. The zero-order valence-corrected chi connectivity index (χ0v) is 10.1. The van der Waals surface area contributed by atoms with Crippen LogP contribution >= 0.6 is 0 Å². The fourth-order valence-electron chi connectivity index (χ4n) is 0.258. The molecule has 0 radical (unpaired) electrons. The third-order valence-corrected chi connectivity index (χ3v) is 0.782. The first-order valence-electron chi connectivity index (χ1n) is 2.24. The van der Waals surface area contributed by atoms with Crippen molar-refractivity contribution in [3.8, 4) is 0 Å². The molecule has 0 spiro atoms. The van der Waals surface area contributed by atoms with Crippen LogP contribution < -0.4 is 61.6 Å². The molecule has 12 heavy (non-hydrogen) atoms. The Morgan fingerprint density at radius 2 is 1.17 bits per heavy atom. The number of rotatable bonds is 3. The molecule has 0 saturated heterocycles. The Labute approximate surface area is 120 Å². The predicted molar refractivity (Wildman–Crippen MR) is 22.0 cm³/mol. The maximum absolute atomic E-state index is 9.63. The number of carbonyl (C=O) groups excluding carboxylic acids is 2. The van der Waals surface area contributed by atoms with Crippen LogP contribution in [0, 0.1) is 0 Å². The number of carboxylic acid groups (broad SMARTS) is 2. The fourth-order valence-corrected chi connectivity index (χ4v) is 0.258. The van der Waals surface area contributed by atoms with E-state index in [1.165, 1.54) is 0 Å². The van der Waals surface area contributed by atoms with Gasteiger partial charge in [-0.1, -0.05) is 0 Å². The standard InChI is InChI=1S/C4H6O6.K.Ni/c5-1(3(7)8)2(6)4(9)10;;/h1-2,5-6H,(H,7,8)(H,9,10);;/q;+1;+2/p-2. The summed E-state index contributed by atoms with van der Waals surface area (Å²) in [6, 6.07) is 0. The van der Waals surface area contributed by atoms with E-state index in [1.54, 1.807) is 0 Å². The van der Waals surface area contributed by atoms with E-state index in [9.17, 15) is 19.8 Å². The molecule has 8 heteroatoms. The van der Waals surface area contributed by atoms with Crippen molar-refractivity contribution < 1.29 is 97.9 Å². The Morgan fingerprint density at radius 1 is 1.00 bits per heavy atom. The van der Waals surface area contributed by atoms with Crippen molar-refractivity contribution >= 4 is 11.9 Å². The Balaban J connectivity index is -0.000000405. The van der Waals surface area contributed by atoms with Gasteiger partial charge in [-0.2, -0.15) is 0 Å². The summed E-state index contributed by atoms with van der Waals surface area (Å²) in [5.74, 6) is -4.12. The minimum Gasteiger partial charge on any atom is -0.547 e. The maximum atomic E-state index is 9.63. The van der Waals surface area contributed by atoms with Gasteiger partial charge in [0.15, 0.2) is 0 Å². The molecule has 0 aromatic rings. The van der Waals surface area contributed by atoms with Crippen LogP contribution in [0.1, 0.15) is 0 Å². The number of hydrogen-bond donors (Lipinski definition) is 2. The summed E-state index contributed by atoms with van der Waals surface area (Å²) >= 11 is 0. The van der Waals surface area contributed by atoms with Gasteiger partial charge >= 0.3 is 67.9 Å². The van der Waals surface area contributed by atoms with E-state index in [4.69, 9.17) is 10.2 Å². The minimum atomic E-state index is -2.44. The summed E-state index contributed by atoms with van der Waals surface area (Å²) in [6.45, 7) is 0. The first kappa shape index (κ1) is 18.7. The van der Waals surface area contributed by atoms with Crippen LogP contribution in [0.2, 0.25) is 0 Å². The van der Waals surface area contributed by atoms with Gasteiger partial charge in [0.25, 0.3) is 0 Å². The second kappa shape index (κ2) is 8.58. The number of hydrogen-bond acceptors (Lipinski definition) is 6. The van der Waals surface area contributed by atoms with Crippen LogP contribution in [0.5, 0.6) is 0 Å². The van der Waals surface area contributed by atoms with E-state index in [-0.39, 0.29) is 67.9 Å². The van der Waals surface area contributed by atoms with E-state index < -0.39 is 24.1 Å². The molecule has 6 nitrogen and oxygen atoms in total. The van der Waals surface area contributed by atoms with Gasteiger partial charge in [0.1, 0.15) is 12.2 Å². The Morgan fingerprint density at radius 3 is 1.25 bits per heavy atom. The summed E-state index contributed by atoms with van der Waals surface area (Å²) in [5.41, 5.74) is 0. The van der Waals surface area contributed by atoms with Gasteiger partial charge in [-0.3, -0.25) is 0 Å². The molecular weight excluding hydrogens is 242 g/mol. The van der Waals surface area contributed by atoms with Crippen LogP contribution in [-0.2, 0) is 26.1 Å². The van der Waals surface area contributed by atoms with Gasteiger partial charge in [0.2, 0.25) is 0 Å². The topological polar surface area (TPSA) is 121 Å². The van der Waals surface area contributed by atoms with Gasteiger partial charge in [-0.15, -0.1) is 0 Å². The quantitative estimate of drug-likeness (QED) is 0.477. The van der Waals surface area contributed by atoms with Gasteiger partial charge in [0, 0.05) is 0 Å². The molecule has 0 aliphatic rings. The monoisotopic (exact) mass is 245 g/mol. The van der Waals surface area contributed by atoms with Crippen LogP contribution in [0.25, 0.3) is 0 Å². The van der Waals surface area contributed by atoms with E-state index in [0.717, 1.165) is 0 Å². The summed E-state index contributed by atoms with van der Waals surface area (Å²) < 4.78 is 0. The Hall–Kier alpha value is 0.990. The second-order valence-corrected chi connectivity index (χ2v) is 1.53. The molecule has 0 aromatic heterocycles. The van der Waals surface area contributed by atoms with Crippen LogP contribution in [-0.4, -0.2) is 34.4 Å². The maximum Gasteiger partial charge on any atom is 2.00 e. The first-order chi connectivity index (χ1) is 4.46. The third kappa shape index (κ3) is 6.50. The minimum absolute atomic E-state index is 0. The Bertz CT molecular complexity index is 144. The van der Waals surface area contributed by atoms with E-state index in [0.29, 0.717) is 0 Å².